The van der Waals surface area contributed by atoms with Gasteiger partial charge in [-0.05, 0) is 48.5 Å². The van der Waals surface area contributed by atoms with Crippen molar-refractivity contribution in [3.8, 4) is 17.2 Å². The first-order valence-electron chi connectivity index (χ1n) is 15.2. The van der Waals surface area contributed by atoms with E-state index in [0.717, 1.165) is 24.3 Å². The van der Waals surface area contributed by atoms with Crippen LogP contribution >= 0.6 is 0 Å². The molecule has 4 aromatic carbocycles. The summed E-state index contributed by atoms with van der Waals surface area (Å²) in [6.07, 6.45) is -6.29. The van der Waals surface area contributed by atoms with Crippen LogP contribution in [-0.2, 0) is 23.7 Å². The summed E-state index contributed by atoms with van der Waals surface area (Å²) in [7, 11) is 4.09. The number of para-hydroxylation sites is 3. The van der Waals surface area contributed by atoms with Crippen LogP contribution in [0.3, 0.4) is 0 Å². The van der Waals surface area contributed by atoms with Crippen molar-refractivity contribution in [2.24, 2.45) is 0 Å². The first kappa shape index (κ1) is 35.8. The van der Waals surface area contributed by atoms with Gasteiger partial charge in [0.05, 0.1) is 31.8 Å². The monoisotopic (exact) mass is 701 g/mol. The number of rotatable bonds is 13. The molecule has 5 rings (SSSR count). The van der Waals surface area contributed by atoms with Crippen molar-refractivity contribution < 1.29 is 62.0 Å². The molecule has 0 N–H and O–H groups in total. The summed E-state index contributed by atoms with van der Waals surface area (Å²) < 4.78 is 44.7. The van der Waals surface area contributed by atoms with E-state index in [4.69, 9.17) is 37.9 Å². The number of nitro groups is 1. The van der Waals surface area contributed by atoms with Gasteiger partial charge in [-0.2, -0.15) is 0 Å². The largest absolute Gasteiger partial charge is 0.496 e. The number of non-ortho nitro benzene ring substituents is 1. The van der Waals surface area contributed by atoms with E-state index in [2.05, 4.69) is 0 Å². The Morgan fingerprint density at radius 3 is 1.53 bits per heavy atom. The molecule has 15 nitrogen and oxygen atoms in total. The van der Waals surface area contributed by atoms with Gasteiger partial charge in [-0.3, -0.25) is 10.1 Å². The van der Waals surface area contributed by atoms with Gasteiger partial charge < -0.3 is 37.9 Å². The van der Waals surface area contributed by atoms with Crippen LogP contribution in [0.4, 0.5) is 5.69 Å². The Morgan fingerprint density at radius 1 is 0.608 bits per heavy atom. The minimum absolute atomic E-state index is 0.00546. The average molecular weight is 702 g/mol. The molecule has 15 heteroatoms. The Hall–Kier alpha value is -6.48. The Morgan fingerprint density at radius 2 is 1.06 bits per heavy atom. The highest BCUT2D eigenvalue weighted by Gasteiger charge is 2.53. The minimum Gasteiger partial charge on any atom is -0.496 e. The molecule has 1 unspecified atom stereocenters. The normalized spacial score (nSPS) is 17.8. The van der Waals surface area contributed by atoms with Crippen LogP contribution in [0.25, 0.3) is 0 Å². The third kappa shape index (κ3) is 8.22. The van der Waals surface area contributed by atoms with Gasteiger partial charge in [0.25, 0.3) is 5.69 Å². The number of ether oxygens (including phenoxy) is 8. The number of methoxy groups -OCH3 is 3. The van der Waals surface area contributed by atoms with Crippen molar-refractivity contribution in [2.45, 2.75) is 24.6 Å². The third-order valence-corrected chi connectivity index (χ3v) is 7.65. The van der Waals surface area contributed by atoms with Crippen LogP contribution in [0.5, 0.6) is 17.2 Å². The van der Waals surface area contributed by atoms with E-state index in [1.165, 1.54) is 51.7 Å². The first-order chi connectivity index (χ1) is 24.6. The molecule has 0 aliphatic carbocycles. The van der Waals surface area contributed by atoms with Crippen molar-refractivity contribution in [3.05, 3.63) is 129 Å². The quantitative estimate of drug-likeness (QED) is 0.0800. The van der Waals surface area contributed by atoms with E-state index in [9.17, 15) is 29.3 Å². The van der Waals surface area contributed by atoms with Gasteiger partial charge in [0.15, 0.2) is 6.10 Å². The number of carbonyl (C=O) groups is 4. The number of hydrogen-bond acceptors (Lipinski definition) is 14. The summed E-state index contributed by atoms with van der Waals surface area (Å²) >= 11 is 0. The van der Waals surface area contributed by atoms with Crippen LogP contribution in [-0.4, -0.2) is 81.3 Å². The zero-order valence-electron chi connectivity index (χ0n) is 27.4. The number of benzene rings is 4. The second kappa shape index (κ2) is 16.3. The number of hydrogen-bond donors (Lipinski definition) is 0. The fourth-order valence-electron chi connectivity index (χ4n) is 5.13. The molecule has 264 valence electrons. The van der Waals surface area contributed by atoms with E-state index in [1.54, 1.807) is 42.5 Å². The highest BCUT2D eigenvalue weighted by molar-refractivity contribution is 5.94. The molecular formula is C36H31NO14. The third-order valence-electron chi connectivity index (χ3n) is 7.65. The second-order valence-corrected chi connectivity index (χ2v) is 10.7. The maximum absolute atomic E-state index is 13.6. The predicted octanol–water partition coefficient (Wildman–Crippen LogP) is 4.81. The second-order valence-electron chi connectivity index (χ2n) is 10.7. The standard InChI is InChI=1S/C36H31NO14/c1-44-26-13-7-4-10-23(26)33(39)47-20-29-30(49-34(40)24-11-5-8-14-27(24)45-2)31(50-35(41)25-12-6-9-15-28(25)46-3)36(48-29)51-32(38)21-16-18-22(19-17-21)37(42)43/h4-19,29-31,36H,20H2,1-3H3/t29?,30-,31-,36-/m1/s1. The lowest BCUT2D eigenvalue weighted by Crippen LogP contribution is -2.43. The molecule has 4 aromatic rings. The summed E-state index contributed by atoms with van der Waals surface area (Å²) in [5.41, 5.74) is -0.298. The molecule has 1 fully saturated rings. The molecule has 1 heterocycles. The van der Waals surface area contributed by atoms with Gasteiger partial charge in [0.1, 0.15) is 46.6 Å². The SMILES string of the molecule is COc1ccccc1C(=O)OCC1O[C@H](OC(=O)c2ccc([N+](=O)[O-])cc2)[C@H](OC(=O)c2ccccc2OC)[C@@H]1OC(=O)c1ccccc1OC. The maximum Gasteiger partial charge on any atom is 0.342 e. The van der Waals surface area contributed by atoms with E-state index in [0.29, 0.717) is 0 Å². The number of nitro benzene ring substituents is 1. The lowest BCUT2D eigenvalue weighted by molar-refractivity contribution is -0.384. The van der Waals surface area contributed by atoms with Crippen molar-refractivity contribution in [1.82, 2.24) is 0 Å². The Kier molecular flexibility index (Phi) is 11.4. The average Bonchev–Trinajstić information content (AvgIpc) is 3.47. The maximum atomic E-state index is 13.6. The van der Waals surface area contributed by atoms with E-state index in [-0.39, 0.29) is 45.2 Å². The van der Waals surface area contributed by atoms with Crippen LogP contribution in [0.15, 0.2) is 97.1 Å². The molecule has 0 amide bonds. The summed E-state index contributed by atoms with van der Waals surface area (Å²) in [5, 5.41) is 11.1. The lowest BCUT2D eigenvalue weighted by atomic mass is 10.1. The Labute approximate surface area is 290 Å². The smallest absolute Gasteiger partial charge is 0.342 e. The van der Waals surface area contributed by atoms with Gasteiger partial charge in [0.2, 0.25) is 12.4 Å². The van der Waals surface area contributed by atoms with Gasteiger partial charge in [-0.1, -0.05) is 36.4 Å². The van der Waals surface area contributed by atoms with Gasteiger partial charge >= 0.3 is 23.9 Å². The molecule has 1 aliphatic rings. The molecule has 0 bridgehead atoms. The minimum atomic E-state index is -1.74. The predicted molar refractivity (Wildman–Crippen MR) is 175 cm³/mol. The van der Waals surface area contributed by atoms with Crippen LogP contribution in [0, 0.1) is 10.1 Å². The number of carbonyl (C=O) groups excluding carboxylic acids is 4. The highest BCUT2D eigenvalue weighted by atomic mass is 16.8. The van der Waals surface area contributed by atoms with Crippen LogP contribution < -0.4 is 14.2 Å². The zero-order valence-corrected chi connectivity index (χ0v) is 27.4. The van der Waals surface area contributed by atoms with Crippen molar-refractivity contribution in [3.63, 3.8) is 0 Å². The molecule has 51 heavy (non-hydrogen) atoms. The molecule has 0 spiro atoms. The highest BCUT2D eigenvalue weighted by Crippen LogP contribution is 2.33. The van der Waals surface area contributed by atoms with E-state index in [1.807, 2.05) is 0 Å². The summed E-state index contributed by atoms with van der Waals surface area (Å²) in [4.78, 5) is 64.1. The molecule has 1 aliphatic heterocycles. The van der Waals surface area contributed by atoms with Gasteiger partial charge in [-0.15, -0.1) is 0 Å². The lowest BCUT2D eigenvalue weighted by Gasteiger charge is -2.24. The summed E-state index contributed by atoms with van der Waals surface area (Å²) in [6, 6.07) is 23.2. The summed E-state index contributed by atoms with van der Waals surface area (Å²) in [6.45, 7) is -0.574. The molecule has 0 radical (unpaired) electrons. The number of esters is 4. The fourth-order valence-corrected chi connectivity index (χ4v) is 5.13. The van der Waals surface area contributed by atoms with Crippen molar-refractivity contribution in [2.75, 3.05) is 27.9 Å². The van der Waals surface area contributed by atoms with Gasteiger partial charge in [-0.25, -0.2) is 19.2 Å². The molecule has 4 atom stereocenters. The van der Waals surface area contributed by atoms with E-state index >= 15 is 0 Å². The van der Waals surface area contributed by atoms with Crippen molar-refractivity contribution >= 4 is 29.6 Å². The van der Waals surface area contributed by atoms with Gasteiger partial charge in [0, 0.05) is 12.1 Å². The molecule has 0 saturated carbocycles. The number of nitrogens with zero attached hydrogens (tertiary/aromatic N) is 1. The Bertz CT molecular complexity index is 1910. The molecule has 0 aromatic heterocycles. The summed E-state index contributed by atoms with van der Waals surface area (Å²) in [5.74, 6) is -3.16. The zero-order chi connectivity index (χ0) is 36.5. The first-order valence-corrected chi connectivity index (χ1v) is 15.2. The van der Waals surface area contributed by atoms with Crippen LogP contribution in [0.2, 0.25) is 0 Å². The Balaban J connectivity index is 1.50. The van der Waals surface area contributed by atoms with Crippen LogP contribution in [0.1, 0.15) is 41.4 Å². The topological polar surface area (TPSA) is 185 Å². The molecule has 1 saturated heterocycles. The van der Waals surface area contributed by atoms with Crippen molar-refractivity contribution in [1.29, 1.82) is 0 Å². The fraction of sp³-hybridized carbons (Fsp3) is 0.222. The molecular weight excluding hydrogens is 670 g/mol. The van der Waals surface area contributed by atoms with E-state index < -0.39 is 60.0 Å².